The number of ether oxygens (including phenoxy) is 1. The first-order valence-corrected chi connectivity index (χ1v) is 9.38. The van der Waals surface area contributed by atoms with E-state index in [0.29, 0.717) is 12.0 Å². The summed E-state index contributed by atoms with van der Waals surface area (Å²) in [6, 6.07) is 0. The smallest absolute Gasteiger partial charge is 0.333 e. The highest BCUT2D eigenvalue weighted by atomic mass is 16.5. The maximum Gasteiger partial charge on any atom is 0.333 e. The molecule has 0 aromatic carbocycles. The van der Waals surface area contributed by atoms with Gasteiger partial charge in [-0.2, -0.15) is 0 Å². The minimum absolute atomic E-state index is 0.312. The van der Waals surface area contributed by atoms with Crippen molar-refractivity contribution in [2.45, 2.75) is 51.9 Å². The minimum atomic E-state index is -0.312. The van der Waals surface area contributed by atoms with Crippen LogP contribution in [0.1, 0.15) is 51.9 Å². The third-order valence-electron chi connectivity index (χ3n) is 7.83. The predicted octanol–water partition coefficient (Wildman–Crippen LogP) is 4.45. The van der Waals surface area contributed by atoms with Crippen LogP contribution in [-0.2, 0) is 9.53 Å². The first-order valence-electron chi connectivity index (χ1n) is 9.38. The van der Waals surface area contributed by atoms with Crippen molar-refractivity contribution in [2.24, 2.45) is 47.3 Å². The van der Waals surface area contributed by atoms with Crippen LogP contribution in [-0.4, -0.2) is 13.1 Å². The maximum absolute atomic E-state index is 10.4. The number of carbonyl (C=O) groups excluding carboxylic acids is 1. The average molecular weight is 302 g/mol. The highest BCUT2D eigenvalue weighted by Crippen LogP contribution is 2.71. The van der Waals surface area contributed by atoms with Gasteiger partial charge in [-0.3, -0.25) is 0 Å². The standard InChI is InChI=1S/C14H20.C6H10O2/c1-7-2-12-10-4-8-5-11(9(1)10)13(3-7)14(12)6-8;1-4-5(2)6(7)8-3/h7-14H,1-6H2;2,4H2,1,3H3. The molecule has 0 aliphatic heterocycles. The molecule has 7 aliphatic carbocycles. The Hall–Kier alpha value is -0.790. The monoisotopic (exact) mass is 302 g/mol. The Balaban J connectivity index is 0.000000137. The van der Waals surface area contributed by atoms with Crippen LogP contribution in [0.4, 0.5) is 0 Å². The fourth-order valence-corrected chi connectivity index (χ4v) is 7.18. The number of hydrogen-bond acceptors (Lipinski definition) is 2. The lowest BCUT2D eigenvalue weighted by molar-refractivity contribution is -0.202. The molecule has 0 saturated heterocycles. The summed E-state index contributed by atoms with van der Waals surface area (Å²) in [6.45, 7) is 5.33. The van der Waals surface area contributed by atoms with Gasteiger partial charge in [0.2, 0.25) is 0 Å². The van der Waals surface area contributed by atoms with Crippen LogP contribution in [0.3, 0.4) is 0 Å². The molecule has 0 heterocycles. The minimum Gasteiger partial charge on any atom is -0.466 e. The van der Waals surface area contributed by atoms with E-state index in [-0.39, 0.29) is 5.97 Å². The summed E-state index contributed by atoms with van der Waals surface area (Å²) in [5.74, 6) is 9.43. The Kier molecular flexibility index (Phi) is 3.62. The van der Waals surface area contributed by atoms with Gasteiger partial charge in [0.05, 0.1) is 7.11 Å². The molecule has 8 bridgehead atoms. The maximum atomic E-state index is 10.4. The van der Waals surface area contributed by atoms with E-state index in [2.05, 4.69) is 11.3 Å². The molecule has 7 fully saturated rings. The third kappa shape index (κ3) is 2.09. The zero-order chi connectivity index (χ0) is 15.4. The second-order valence-electron chi connectivity index (χ2n) is 8.58. The highest BCUT2D eigenvalue weighted by molar-refractivity contribution is 5.87. The second kappa shape index (κ2) is 5.39. The molecule has 0 atom stereocenters. The van der Waals surface area contributed by atoms with E-state index in [0.717, 1.165) is 0 Å². The predicted molar refractivity (Wildman–Crippen MR) is 87.1 cm³/mol. The summed E-state index contributed by atoms with van der Waals surface area (Å²) in [5.41, 5.74) is 0.521. The SMILES string of the molecule is C1C2CC3C4CC5CC(C14)C(C2)C3C5.C=C(CC)C(=O)OC. The van der Waals surface area contributed by atoms with Gasteiger partial charge >= 0.3 is 5.97 Å². The second-order valence-corrected chi connectivity index (χ2v) is 8.58. The van der Waals surface area contributed by atoms with E-state index < -0.39 is 0 Å². The topological polar surface area (TPSA) is 26.3 Å². The van der Waals surface area contributed by atoms with E-state index in [1.54, 1.807) is 38.5 Å². The van der Waals surface area contributed by atoms with Crippen molar-refractivity contribution < 1.29 is 9.53 Å². The third-order valence-corrected chi connectivity index (χ3v) is 7.83. The zero-order valence-electron chi connectivity index (χ0n) is 14.1. The van der Waals surface area contributed by atoms with Crippen LogP contribution < -0.4 is 0 Å². The molecular formula is C20H30O2. The molecule has 0 N–H and O–H groups in total. The van der Waals surface area contributed by atoms with Crippen LogP contribution in [0, 0.1) is 47.3 Å². The molecule has 0 aromatic heterocycles. The van der Waals surface area contributed by atoms with Crippen LogP contribution in [0.5, 0.6) is 0 Å². The van der Waals surface area contributed by atoms with Crippen LogP contribution >= 0.6 is 0 Å². The van der Waals surface area contributed by atoms with Crippen molar-refractivity contribution in [2.75, 3.05) is 7.11 Å². The Bertz CT molecular complexity index is 379. The molecule has 0 amide bonds. The first kappa shape index (κ1) is 14.8. The lowest BCUT2D eigenvalue weighted by atomic mass is 9.36. The van der Waals surface area contributed by atoms with E-state index in [4.69, 9.17) is 0 Å². The normalized spacial score (nSPS) is 48.8. The Labute approximate surface area is 134 Å². The zero-order valence-corrected chi connectivity index (χ0v) is 14.1. The van der Waals surface area contributed by atoms with Crippen molar-refractivity contribution in [3.8, 4) is 0 Å². The molecule has 7 aliphatic rings. The van der Waals surface area contributed by atoms with Gasteiger partial charge in [-0.25, -0.2) is 4.79 Å². The summed E-state index contributed by atoms with van der Waals surface area (Å²) in [6.07, 6.45) is 10.6. The Morgan fingerprint density at radius 2 is 1.18 bits per heavy atom. The Morgan fingerprint density at radius 3 is 1.36 bits per heavy atom. The molecule has 0 spiro atoms. The average Bonchev–Trinajstić information content (AvgIpc) is 2.57. The van der Waals surface area contributed by atoms with Gasteiger partial charge in [0.25, 0.3) is 0 Å². The van der Waals surface area contributed by atoms with Crippen molar-refractivity contribution >= 4 is 5.97 Å². The van der Waals surface area contributed by atoms with Crippen molar-refractivity contribution in [1.29, 1.82) is 0 Å². The number of methoxy groups -OCH3 is 1. The number of carbonyl (C=O) groups is 1. The van der Waals surface area contributed by atoms with Crippen molar-refractivity contribution in [3.63, 3.8) is 0 Å². The summed E-state index contributed by atoms with van der Waals surface area (Å²) >= 11 is 0. The van der Waals surface area contributed by atoms with Crippen LogP contribution in [0.15, 0.2) is 12.2 Å². The van der Waals surface area contributed by atoms with Crippen LogP contribution in [0.25, 0.3) is 0 Å². The van der Waals surface area contributed by atoms with Gasteiger partial charge in [-0.05, 0) is 92.3 Å². The van der Waals surface area contributed by atoms with Gasteiger partial charge < -0.3 is 4.74 Å². The molecule has 22 heavy (non-hydrogen) atoms. The number of hydrogen-bond donors (Lipinski definition) is 0. The highest BCUT2D eigenvalue weighted by Gasteiger charge is 2.63. The molecule has 2 nitrogen and oxygen atoms in total. The molecular weight excluding hydrogens is 272 g/mol. The fourth-order valence-electron chi connectivity index (χ4n) is 7.18. The van der Waals surface area contributed by atoms with Crippen molar-refractivity contribution in [1.82, 2.24) is 0 Å². The lowest BCUT2D eigenvalue weighted by Gasteiger charge is -2.69. The van der Waals surface area contributed by atoms with Crippen LogP contribution in [0.2, 0.25) is 0 Å². The quantitative estimate of drug-likeness (QED) is 0.556. The fraction of sp³-hybridized carbons (Fsp3) is 0.850. The van der Waals surface area contributed by atoms with Gasteiger partial charge in [-0.15, -0.1) is 0 Å². The molecule has 0 aromatic rings. The van der Waals surface area contributed by atoms with Gasteiger partial charge in [0, 0.05) is 5.57 Å². The van der Waals surface area contributed by atoms with Gasteiger partial charge in [0.15, 0.2) is 0 Å². The van der Waals surface area contributed by atoms with E-state index in [1.165, 1.54) is 54.5 Å². The number of esters is 1. The summed E-state index contributed by atoms with van der Waals surface area (Å²) < 4.78 is 4.36. The van der Waals surface area contributed by atoms with Gasteiger partial charge in [-0.1, -0.05) is 13.5 Å². The van der Waals surface area contributed by atoms with E-state index in [1.807, 2.05) is 6.92 Å². The summed E-state index contributed by atoms with van der Waals surface area (Å²) in [7, 11) is 1.35. The Morgan fingerprint density at radius 1 is 0.864 bits per heavy atom. The molecule has 7 rings (SSSR count). The summed E-state index contributed by atoms with van der Waals surface area (Å²) in [5, 5.41) is 0. The summed E-state index contributed by atoms with van der Waals surface area (Å²) in [4.78, 5) is 10.4. The van der Waals surface area contributed by atoms with E-state index in [9.17, 15) is 4.79 Å². The molecule has 7 saturated carbocycles. The molecule has 0 radical (unpaired) electrons. The molecule has 2 heteroatoms. The first-order chi connectivity index (χ1) is 10.6. The largest absolute Gasteiger partial charge is 0.466 e. The molecule has 122 valence electrons. The number of rotatable bonds is 2. The lowest BCUT2D eigenvalue weighted by Crippen LogP contribution is -2.62. The van der Waals surface area contributed by atoms with Gasteiger partial charge in [0.1, 0.15) is 0 Å². The molecule has 0 unspecified atom stereocenters. The van der Waals surface area contributed by atoms with E-state index >= 15 is 0 Å². The van der Waals surface area contributed by atoms with Crippen molar-refractivity contribution in [3.05, 3.63) is 12.2 Å².